The van der Waals surface area contributed by atoms with E-state index in [1.807, 2.05) is 43.3 Å². The van der Waals surface area contributed by atoms with E-state index in [0.717, 1.165) is 69.3 Å². The summed E-state index contributed by atoms with van der Waals surface area (Å²) in [5.41, 5.74) is 8.49. The van der Waals surface area contributed by atoms with Gasteiger partial charge in [-0.25, -0.2) is 0 Å². The highest BCUT2D eigenvalue weighted by Crippen LogP contribution is 2.57. The van der Waals surface area contributed by atoms with E-state index in [-0.39, 0.29) is 36.6 Å². The summed E-state index contributed by atoms with van der Waals surface area (Å²) in [7, 11) is 1.63. The largest absolute Gasteiger partial charge is 0.504 e. The Morgan fingerprint density at radius 2 is 1.63 bits per heavy atom. The van der Waals surface area contributed by atoms with E-state index in [2.05, 4.69) is 47.5 Å². The molecule has 5 aliphatic heterocycles. The summed E-state index contributed by atoms with van der Waals surface area (Å²) >= 11 is 0. The van der Waals surface area contributed by atoms with Gasteiger partial charge in [-0.05, 0) is 42.5 Å². The van der Waals surface area contributed by atoms with Gasteiger partial charge in [0.2, 0.25) is 6.79 Å². The minimum absolute atomic E-state index is 0.0289. The second-order valence-electron chi connectivity index (χ2n) is 12.8. The van der Waals surface area contributed by atoms with E-state index in [1.54, 1.807) is 7.11 Å². The van der Waals surface area contributed by atoms with Gasteiger partial charge in [0.05, 0.1) is 32.4 Å². The second-order valence-corrected chi connectivity index (χ2v) is 12.8. The van der Waals surface area contributed by atoms with Crippen molar-refractivity contribution in [2.45, 2.75) is 57.5 Å². The Hall–Kier alpha value is -4.24. The van der Waals surface area contributed by atoms with Crippen LogP contribution in [-0.4, -0.2) is 49.6 Å². The van der Waals surface area contributed by atoms with E-state index in [0.29, 0.717) is 32.0 Å². The summed E-state index contributed by atoms with van der Waals surface area (Å²) in [5, 5.41) is 15.5. The van der Waals surface area contributed by atoms with Crippen LogP contribution in [0.15, 0.2) is 66.7 Å². The molecular formula is C38H40N2O6. The molecule has 4 aromatic carbocycles. The summed E-state index contributed by atoms with van der Waals surface area (Å²) in [6.07, 6.45) is 0.714. The molecule has 46 heavy (non-hydrogen) atoms. The third-order valence-corrected chi connectivity index (χ3v) is 10.2. The Bertz CT molecular complexity index is 1760. The molecule has 4 unspecified atom stereocenters. The maximum Gasteiger partial charge on any atom is 0.231 e. The molecule has 2 N–H and O–H groups in total. The Morgan fingerprint density at radius 3 is 2.37 bits per heavy atom. The van der Waals surface area contributed by atoms with Crippen LogP contribution in [0.4, 0.5) is 0 Å². The molecule has 8 nitrogen and oxygen atoms in total. The van der Waals surface area contributed by atoms with E-state index >= 15 is 0 Å². The van der Waals surface area contributed by atoms with E-state index in [4.69, 9.17) is 23.7 Å². The van der Waals surface area contributed by atoms with Crippen molar-refractivity contribution in [3.05, 3.63) is 111 Å². The highest BCUT2D eigenvalue weighted by molar-refractivity contribution is 5.66. The van der Waals surface area contributed by atoms with Crippen LogP contribution in [0.5, 0.6) is 28.7 Å². The Kier molecular flexibility index (Phi) is 7.51. The number of fused-ring (bicyclic) bond motifs is 4. The summed E-state index contributed by atoms with van der Waals surface area (Å²) < 4.78 is 31.3. The minimum atomic E-state index is -0.114. The number of rotatable bonds is 8. The van der Waals surface area contributed by atoms with Crippen LogP contribution in [0.25, 0.3) is 0 Å². The predicted octanol–water partition coefficient (Wildman–Crippen LogP) is 6.25. The number of hydrogen-bond donors (Lipinski definition) is 2. The van der Waals surface area contributed by atoms with Gasteiger partial charge in [0.15, 0.2) is 23.0 Å². The fourth-order valence-corrected chi connectivity index (χ4v) is 8.13. The molecule has 1 fully saturated rings. The van der Waals surface area contributed by atoms with Gasteiger partial charge in [-0.1, -0.05) is 66.7 Å². The van der Waals surface area contributed by atoms with Crippen LogP contribution >= 0.6 is 0 Å². The van der Waals surface area contributed by atoms with Crippen molar-refractivity contribution >= 4 is 0 Å². The number of ether oxygens (including phenoxy) is 5. The Morgan fingerprint density at radius 1 is 0.913 bits per heavy atom. The maximum absolute atomic E-state index is 11.6. The number of hydrogen-bond acceptors (Lipinski definition) is 8. The average molecular weight is 621 g/mol. The Balaban J connectivity index is 1.25. The number of aryl methyl sites for hydroxylation is 1. The monoisotopic (exact) mass is 620 g/mol. The topological polar surface area (TPSA) is 81.7 Å². The number of phenolic OH excluding ortho intramolecular Hbond substituents is 1. The van der Waals surface area contributed by atoms with Gasteiger partial charge >= 0.3 is 0 Å². The molecule has 238 valence electrons. The smallest absolute Gasteiger partial charge is 0.231 e. The van der Waals surface area contributed by atoms with Crippen LogP contribution in [0.2, 0.25) is 0 Å². The van der Waals surface area contributed by atoms with Crippen LogP contribution in [-0.2, 0) is 24.4 Å². The number of methoxy groups -OCH3 is 1. The average Bonchev–Trinajstić information content (AvgIpc) is 3.44. The fraction of sp³-hybridized carbons (Fsp3) is 0.368. The Labute approximate surface area is 269 Å². The zero-order valence-corrected chi connectivity index (χ0v) is 26.5. The third kappa shape index (κ3) is 4.78. The van der Waals surface area contributed by atoms with Crippen molar-refractivity contribution in [3.63, 3.8) is 0 Å². The molecule has 2 bridgehead atoms. The van der Waals surface area contributed by atoms with Gasteiger partial charge < -0.3 is 34.1 Å². The van der Waals surface area contributed by atoms with Gasteiger partial charge in [-0.3, -0.25) is 4.90 Å². The molecule has 0 aromatic heterocycles. The summed E-state index contributed by atoms with van der Waals surface area (Å²) in [6, 6.07) is 22.6. The first kappa shape index (κ1) is 29.2. The molecule has 5 heterocycles. The van der Waals surface area contributed by atoms with E-state index in [1.165, 1.54) is 5.56 Å². The molecule has 4 aromatic rings. The van der Waals surface area contributed by atoms with Gasteiger partial charge in [-0.2, -0.15) is 0 Å². The third-order valence-electron chi connectivity index (χ3n) is 10.2. The van der Waals surface area contributed by atoms with Crippen molar-refractivity contribution in [2.24, 2.45) is 0 Å². The molecular weight excluding hydrogens is 580 g/mol. The van der Waals surface area contributed by atoms with Gasteiger partial charge in [0.1, 0.15) is 12.4 Å². The molecule has 8 heteroatoms. The quantitative estimate of drug-likeness (QED) is 0.239. The second kappa shape index (κ2) is 11.8. The fourth-order valence-electron chi connectivity index (χ4n) is 8.13. The minimum Gasteiger partial charge on any atom is -0.504 e. The van der Waals surface area contributed by atoms with Gasteiger partial charge in [-0.15, -0.1) is 0 Å². The highest BCUT2D eigenvalue weighted by atomic mass is 16.7. The first-order chi connectivity index (χ1) is 22.5. The number of aromatic hydroxyl groups is 1. The lowest BCUT2D eigenvalue weighted by atomic mass is 9.80. The SMILES string of the molecule is COc1c(C)cc2c(c1O)C1NCC2CN2C(COCc3ccccc3)c3c(c(OCc4ccccc4)c(C)c4c3OCO4)CC12. The van der Waals surface area contributed by atoms with Gasteiger partial charge in [0.25, 0.3) is 0 Å². The van der Waals surface area contributed by atoms with Crippen LogP contribution in [0.1, 0.15) is 62.5 Å². The van der Waals surface area contributed by atoms with Crippen molar-refractivity contribution < 1.29 is 28.8 Å². The van der Waals surface area contributed by atoms with Crippen molar-refractivity contribution in [1.82, 2.24) is 10.2 Å². The van der Waals surface area contributed by atoms with Crippen molar-refractivity contribution in [2.75, 3.05) is 33.6 Å². The lowest BCUT2D eigenvalue weighted by Crippen LogP contribution is -2.49. The molecule has 0 amide bonds. The predicted molar refractivity (Wildman–Crippen MR) is 174 cm³/mol. The molecule has 0 saturated carbocycles. The molecule has 9 rings (SSSR count). The highest BCUT2D eigenvalue weighted by Gasteiger charge is 2.50. The first-order valence-electron chi connectivity index (χ1n) is 16.2. The standard InChI is InChI=1S/C38H40N2O6/c1-22-14-27-26-16-39-33(32(27)34(41)35(22)42-3)29-15-28-31(30(40(29)17-26)20-43-18-24-10-6-4-7-11-24)38-37(45-21-46-38)23(2)36(28)44-19-25-12-8-5-9-13-25/h4-14,26,29-30,33,39,41H,15-21H2,1-3H3. The summed E-state index contributed by atoms with van der Waals surface area (Å²) in [4.78, 5) is 2.59. The van der Waals surface area contributed by atoms with E-state index in [9.17, 15) is 5.11 Å². The molecule has 1 saturated heterocycles. The normalized spacial score (nSPS) is 22.5. The zero-order chi connectivity index (χ0) is 31.4. The van der Waals surface area contributed by atoms with Crippen molar-refractivity contribution in [3.8, 4) is 28.7 Å². The molecule has 0 aliphatic carbocycles. The van der Waals surface area contributed by atoms with Crippen LogP contribution in [0.3, 0.4) is 0 Å². The number of benzene rings is 4. The number of nitrogens with one attached hydrogen (secondary N) is 1. The summed E-state index contributed by atoms with van der Waals surface area (Å²) in [5.74, 6) is 3.38. The molecule has 0 radical (unpaired) electrons. The van der Waals surface area contributed by atoms with E-state index < -0.39 is 0 Å². The lowest BCUT2D eigenvalue weighted by molar-refractivity contribution is 0.0161. The number of nitrogens with zero attached hydrogens (tertiary/aromatic N) is 1. The van der Waals surface area contributed by atoms with Crippen LogP contribution < -0.4 is 24.3 Å². The first-order valence-corrected chi connectivity index (χ1v) is 16.2. The lowest BCUT2D eigenvalue weighted by Gasteiger charge is -2.45. The summed E-state index contributed by atoms with van der Waals surface area (Å²) in [6.45, 7) is 7.32. The molecule has 0 spiro atoms. The zero-order valence-electron chi connectivity index (χ0n) is 26.5. The van der Waals surface area contributed by atoms with Crippen LogP contribution in [0, 0.1) is 13.8 Å². The van der Waals surface area contributed by atoms with Crippen molar-refractivity contribution in [1.29, 1.82) is 0 Å². The maximum atomic E-state index is 11.6. The number of phenols is 1. The molecule has 4 atom stereocenters. The molecule has 5 aliphatic rings. The van der Waals surface area contributed by atoms with Gasteiger partial charge in [0, 0.05) is 47.3 Å².